The molecule has 7 nitrogen and oxygen atoms in total. The molecule has 2 aliphatic rings. The molecule has 0 aliphatic carbocycles. The molecular weight excluding hydrogens is 385 g/mol. The molecule has 2 aliphatic heterocycles. The standard InChI is InChI=1S/C19H18FN3O4S/c1-28(25,26)23-9-8-12-6-7-13(10-17(12)23)21-19(24)18-11-16(22-27-18)14-4-2-3-5-15(14)20/h2-7,10,18H,8-9,11H2,1H3,(H,21,24)/t18-/m0/s1. The molecule has 1 atom stereocenters. The van der Waals surface area contributed by atoms with Gasteiger partial charge in [-0.2, -0.15) is 0 Å². The van der Waals surface area contributed by atoms with Gasteiger partial charge in [0.25, 0.3) is 5.91 Å². The minimum Gasteiger partial charge on any atom is -0.382 e. The third-order valence-corrected chi connectivity index (χ3v) is 5.93. The summed E-state index contributed by atoms with van der Waals surface area (Å²) in [6.07, 6.45) is 1.05. The summed E-state index contributed by atoms with van der Waals surface area (Å²) in [5.74, 6) is -0.857. The highest BCUT2D eigenvalue weighted by atomic mass is 32.2. The van der Waals surface area contributed by atoms with Crippen molar-refractivity contribution >= 4 is 33.0 Å². The number of nitrogens with one attached hydrogen (secondary N) is 1. The molecule has 0 radical (unpaired) electrons. The zero-order chi connectivity index (χ0) is 19.9. The first kappa shape index (κ1) is 18.4. The lowest BCUT2D eigenvalue weighted by Gasteiger charge is -2.17. The molecule has 0 bridgehead atoms. The Morgan fingerprint density at radius 3 is 2.82 bits per heavy atom. The minimum atomic E-state index is -3.38. The smallest absolute Gasteiger partial charge is 0.268 e. The van der Waals surface area contributed by atoms with Gasteiger partial charge in [0, 0.05) is 24.2 Å². The number of halogens is 1. The van der Waals surface area contributed by atoms with Crippen molar-refractivity contribution in [1.82, 2.24) is 0 Å². The Kier molecular flexibility index (Phi) is 4.54. The molecule has 0 unspecified atom stereocenters. The van der Waals surface area contributed by atoms with Gasteiger partial charge >= 0.3 is 0 Å². The third kappa shape index (κ3) is 3.45. The van der Waals surface area contributed by atoms with E-state index in [0.29, 0.717) is 35.6 Å². The second-order valence-corrected chi connectivity index (χ2v) is 8.64. The fourth-order valence-corrected chi connectivity index (χ4v) is 4.32. The number of carbonyl (C=O) groups excluding carboxylic acids is 1. The number of benzene rings is 2. The molecular formula is C19H18FN3O4S. The number of sulfonamides is 1. The van der Waals surface area contributed by atoms with Crippen LogP contribution < -0.4 is 9.62 Å². The number of anilines is 2. The van der Waals surface area contributed by atoms with Crippen LogP contribution >= 0.6 is 0 Å². The highest BCUT2D eigenvalue weighted by molar-refractivity contribution is 7.92. The molecule has 0 fully saturated rings. The van der Waals surface area contributed by atoms with Crippen LogP contribution in [0.1, 0.15) is 17.5 Å². The van der Waals surface area contributed by atoms with Crippen molar-refractivity contribution in [2.24, 2.45) is 5.16 Å². The van der Waals surface area contributed by atoms with Gasteiger partial charge in [-0.05, 0) is 30.2 Å². The molecule has 2 heterocycles. The van der Waals surface area contributed by atoms with E-state index in [9.17, 15) is 17.6 Å². The van der Waals surface area contributed by atoms with E-state index in [-0.39, 0.29) is 6.42 Å². The number of carbonyl (C=O) groups is 1. The number of nitrogens with zero attached hydrogens (tertiary/aromatic N) is 2. The van der Waals surface area contributed by atoms with E-state index in [1.165, 1.54) is 10.4 Å². The largest absolute Gasteiger partial charge is 0.382 e. The van der Waals surface area contributed by atoms with E-state index < -0.39 is 27.9 Å². The summed E-state index contributed by atoms with van der Waals surface area (Å²) in [5.41, 5.74) is 2.61. The summed E-state index contributed by atoms with van der Waals surface area (Å²) in [7, 11) is -3.38. The average molecular weight is 403 g/mol. The van der Waals surface area contributed by atoms with Crippen LogP contribution in [0.15, 0.2) is 47.6 Å². The van der Waals surface area contributed by atoms with Crippen LogP contribution in [-0.2, 0) is 26.1 Å². The maximum absolute atomic E-state index is 13.9. The quantitative estimate of drug-likeness (QED) is 0.848. The van der Waals surface area contributed by atoms with Crippen LogP contribution in [0.4, 0.5) is 15.8 Å². The summed E-state index contributed by atoms with van der Waals surface area (Å²) in [4.78, 5) is 17.7. The topological polar surface area (TPSA) is 88.1 Å². The molecule has 0 aromatic heterocycles. The minimum absolute atomic E-state index is 0.146. The van der Waals surface area contributed by atoms with Gasteiger partial charge in [0.2, 0.25) is 16.1 Å². The number of hydrogen-bond acceptors (Lipinski definition) is 5. The van der Waals surface area contributed by atoms with Crippen LogP contribution in [0.25, 0.3) is 0 Å². The van der Waals surface area contributed by atoms with E-state index in [4.69, 9.17) is 4.84 Å². The van der Waals surface area contributed by atoms with E-state index in [1.54, 1.807) is 36.4 Å². The molecule has 0 saturated carbocycles. The second-order valence-electron chi connectivity index (χ2n) is 6.73. The molecule has 2 aromatic rings. The monoisotopic (exact) mass is 403 g/mol. The van der Waals surface area contributed by atoms with Crippen molar-refractivity contribution in [1.29, 1.82) is 0 Å². The van der Waals surface area contributed by atoms with E-state index in [0.717, 1.165) is 11.8 Å². The summed E-state index contributed by atoms with van der Waals surface area (Å²) in [5, 5.41) is 6.56. The molecule has 2 aromatic carbocycles. The number of hydrogen-bond donors (Lipinski definition) is 1. The molecule has 28 heavy (non-hydrogen) atoms. The first-order chi connectivity index (χ1) is 13.3. The fourth-order valence-electron chi connectivity index (χ4n) is 3.37. The number of fused-ring (bicyclic) bond motifs is 1. The Labute approximate surface area is 161 Å². The van der Waals surface area contributed by atoms with Crippen LogP contribution in [-0.4, -0.2) is 38.9 Å². The summed E-state index contributed by atoms with van der Waals surface area (Å²) >= 11 is 0. The van der Waals surface area contributed by atoms with Crippen molar-refractivity contribution in [2.75, 3.05) is 22.4 Å². The lowest BCUT2D eigenvalue weighted by Crippen LogP contribution is -2.29. The van der Waals surface area contributed by atoms with Crippen molar-refractivity contribution in [3.63, 3.8) is 0 Å². The Balaban J connectivity index is 1.47. The van der Waals surface area contributed by atoms with Gasteiger partial charge in [0.05, 0.1) is 17.7 Å². The zero-order valence-electron chi connectivity index (χ0n) is 15.1. The third-order valence-electron chi connectivity index (χ3n) is 4.75. The second kappa shape index (κ2) is 6.90. The summed E-state index contributed by atoms with van der Waals surface area (Å²) < 4.78 is 39.0. The van der Waals surface area contributed by atoms with Crippen LogP contribution in [0, 0.1) is 5.82 Å². The zero-order valence-corrected chi connectivity index (χ0v) is 15.9. The maximum atomic E-state index is 13.9. The number of oxime groups is 1. The Morgan fingerprint density at radius 2 is 2.07 bits per heavy atom. The highest BCUT2D eigenvalue weighted by Crippen LogP contribution is 2.32. The normalized spacial score (nSPS) is 18.4. The summed E-state index contributed by atoms with van der Waals surface area (Å²) in [6, 6.07) is 11.3. The Bertz CT molecular complexity index is 1080. The molecule has 0 spiro atoms. The van der Waals surface area contributed by atoms with Crippen LogP contribution in [0.5, 0.6) is 0 Å². The molecule has 1 amide bonds. The average Bonchev–Trinajstić information content (AvgIpc) is 3.28. The van der Waals surface area contributed by atoms with Gasteiger partial charge in [-0.15, -0.1) is 0 Å². The lowest BCUT2D eigenvalue weighted by atomic mass is 10.0. The highest BCUT2D eigenvalue weighted by Gasteiger charge is 2.31. The van der Waals surface area contributed by atoms with Crippen molar-refractivity contribution in [2.45, 2.75) is 18.9 Å². The predicted molar refractivity (Wildman–Crippen MR) is 103 cm³/mol. The Hall–Kier alpha value is -2.94. The van der Waals surface area contributed by atoms with Crippen molar-refractivity contribution in [3.05, 3.63) is 59.4 Å². The van der Waals surface area contributed by atoms with Gasteiger partial charge in [-0.1, -0.05) is 29.4 Å². The number of rotatable bonds is 4. The molecule has 146 valence electrons. The maximum Gasteiger partial charge on any atom is 0.268 e. The first-order valence-corrected chi connectivity index (χ1v) is 10.6. The van der Waals surface area contributed by atoms with Gasteiger partial charge < -0.3 is 10.2 Å². The van der Waals surface area contributed by atoms with Crippen molar-refractivity contribution in [3.8, 4) is 0 Å². The Morgan fingerprint density at radius 1 is 1.29 bits per heavy atom. The van der Waals surface area contributed by atoms with Gasteiger partial charge in [0.1, 0.15) is 5.82 Å². The van der Waals surface area contributed by atoms with Crippen molar-refractivity contribution < 1.29 is 22.4 Å². The van der Waals surface area contributed by atoms with Gasteiger partial charge in [-0.25, -0.2) is 12.8 Å². The van der Waals surface area contributed by atoms with E-state index in [2.05, 4.69) is 10.5 Å². The molecule has 0 saturated heterocycles. The van der Waals surface area contributed by atoms with E-state index >= 15 is 0 Å². The van der Waals surface area contributed by atoms with E-state index in [1.807, 2.05) is 0 Å². The SMILES string of the molecule is CS(=O)(=O)N1CCc2ccc(NC(=O)[C@@H]3CC(c4ccccc4F)=NO3)cc21. The molecule has 1 N–H and O–H groups in total. The van der Waals surface area contributed by atoms with Crippen LogP contribution in [0.3, 0.4) is 0 Å². The fraction of sp³-hybridized carbons (Fsp3) is 0.263. The predicted octanol–water partition coefficient (Wildman–Crippen LogP) is 2.28. The molecule has 9 heteroatoms. The van der Waals surface area contributed by atoms with Crippen LogP contribution in [0.2, 0.25) is 0 Å². The van der Waals surface area contributed by atoms with Gasteiger partial charge in [0.15, 0.2) is 0 Å². The number of amides is 1. The summed E-state index contributed by atoms with van der Waals surface area (Å²) in [6.45, 7) is 0.386. The lowest BCUT2D eigenvalue weighted by molar-refractivity contribution is -0.125. The molecule has 4 rings (SSSR count). The van der Waals surface area contributed by atoms with Gasteiger partial charge in [-0.3, -0.25) is 9.10 Å². The first-order valence-electron chi connectivity index (χ1n) is 8.72.